The van der Waals surface area contributed by atoms with Crippen LogP contribution in [-0.2, 0) is 17.8 Å². The van der Waals surface area contributed by atoms with Crippen LogP contribution in [0.15, 0.2) is 59.9 Å². The molecule has 1 amide bonds. The van der Waals surface area contributed by atoms with Crippen LogP contribution in [0, 0.1) is 12.7 Å². The minimum absolute atomic E-state index is 0.0773. The van der Waals surface area contributed by atoms with Crippen LogP contribution in [0.5, 0.6) is 5.75 Å². The van der Waals surface area contributed by atoms with Crippen molar-refractivity contribution in [2.24, 2.45) is 0 Å². The first-order valence-corrected chi connectivity index (χ1v) is 15.2. The molecule has 1 fully saturated rings. The van der Waals surface area contributed by atoms with Crippen molar-refractivity contribution in [1.82, 2.24) is 14.5 Å². The van der Waals surface area contributed by atoms with Crippen LogP contribution >= 0.6 is 9.24 Å². The van der Waals surface area contributed by atoms with Gasteiger partial charge in [-0.05, 0) is 68.7 Å². The van der Waals surface area contributed by atoms with Gasteiger partial charge in [0.1, 0.15) is 29.4 Å². The van der Waals surface area contributed by atoms with Gasteiger partial charge in [-0.25, -0.2) is 13.6 Å². The van der Waals surface area contributed by atoms with E-state index in [2.05, 4.69) is 20.8 Å². The van der Waals surface area contributed by atoms with Crippen LogP contribution < -0.4 is 20.6 Å². The molecule has 1 saturated heterocycles. The van der Waals surface area contributed by atoms with Gasteiger partial charge in [0.2, 0.25) is 5.91 Å². The molecule has 44 heavy (non-hydrogen) atoms. The highest BCUT2D eigenvalue weighted by Crippen LogP contribution is 2.46. The first kappa shape index (κ1) is 29.9. The predicted molar refractivity (Wildman–Crippen MR) is 174 cm³/mol. The molecule has 0 radical (unpaired) electrons. The van der Waals surface area contributed by atoms with E-state index >= 15 is 4.39 Å². The number of piperazine rings is 1. The summed E-state index contributed by atoms with van der Waals surface area (Å²) in [6, 6.07) is 12.2. The second-order valence-electron chi connectivity index (χ2n) is 12.2. The number of anilines is 1. The van der Waals surface area contributed by atoms with E-state index in [1.165, 1.54) is 30.6 Å². The van der Waals surface area contributed by atoms with Gasteiger partial charge in [-0.2, -0.15) is 4.98 Å². The third-order valence-corrected chi connectivity index (χ3v) is 9.00. The fourth-order valence-corrected chi connectivity index (χ4v) is 6.92. The lowest BCUT2D eigenvalue weighted by atomic mass is 9.91. The summed E-state index contributed by atoms with van der Waals surface area (Å²) in [7, 11) is 2.51. The summed E-state index contributed by atoms with van der Waals surface area (Å²) in [4.78, 5) is 35.0. The van der Waals surface area contributed by atoms with Gasteiger partial charge in [-0.15, -0.1) is 9.24 Å². The Kier molecular flexibility index (Phi) is 7.57. The van der Waals surface area contributed by atoms with Gasteiger partial charge in [0.15, 0.2) is 5.75 Å². The number of nitrogens with zero attached hydrogens (tertiary/aromatic N) is 4. The number of hydrogen-bond acceptors (Lipinski definition) is 5. The summed E-state index contributed by atoms with van der Waals surface area (Å²) in [6.07, 6.45) is 1.38. The molecule has 0 bridgehead atoms. The van der Waals surface area contributed by atoms with E-state index in [9.17, 15) is 14.0 Å². The van der Waals surface area contributed by atoms with Crippen LogP contribution in [0.3, 0.4) is 0 Å². The lowest BCUT2D eigenvalue weighted by Gasteiger charge is -2.40. The summed E-state index contributed by atoms with van der Waals surface area (Å²) in [5, 5.41) is 1.10. The molecular formula is C34H35F2N4O3P. The van der Waals surface area contributed by atoms with Gasteiger partial charge >= 0.3 is 5.69 Å². The van der Waals surface area contributed by atoms with Crippen molar-refractivity contribution in [1.29, 1.82) is 0 Å². The number of benzene rings is 3. The number of ether oxygens (including phenoxy) is 1. The number of halogens is 2. The van der Waals surface area contributed by atoms with E-state index in [1.54, 1.807) is 23.1 Å². The number of alkyl halides is 1. The average molecular weight is 617 g/mol. The zero-order chi connectivity index (χ0) is 31.5. The van der Waals surface area contributed by atoms with E-state index in [0.717, 1.165) is 16.7 Å². The maximum Gasteiger partial charge on any atom is 0.354 e. The Labute approximate surface area is 257 Å². The predicted octanol–water partition coefficient (Wildman–Crippen LogP) is 5.41. The molecule has 2 atom stereocenters. The molecule has 228 valence electrons. The Balaban J connectivity index is 1.67. The number of aryl methyl sites for hydroxylation is 1. The number of rotatable bonds is 5. The molecule has 4 aromatic rings. The lowest BCUT2D eigenvalue weighted by molar-refractivity contribution is -0.126. The topological polar surface area (TPSA) is 67.7 Å². The second kappa shape index (κ2) is 11.1. The third kappa shape index (κ3) is 5.07. The number of para-hydroxylation sites is 1. The van der Waals surface area contributed by atoms with Gasteiger partial charge in [0.25, 0.3) is 0 Å². The maximum atomic E-state index is 15.0. The summed E-state index contributed by atoms with van der Waals surface area (Å²) in [5.41, 5.74) is 2.66. The lowest BCUT2D eigenvalue weighted by Crippen LogP contribution is -2.54. The van der Waals surface area contributed by atoms with Crippen molar-refractivity contribution >= 4 is 37.2 Å². The minimum Gasteiger partial charge on any atom is -0.486 e. The van der Waals surface area contributed by atoms with Gasteiger partial charge in [-0.1, -0.05) is 30.8 Å². The highest BCUT2D eigenvalue weighted by molar-refractivity contribution is 7.28. The number of carbonyl (C=O) groups is 1. The normalized spacial score (nSPS) is 16.4. The van der Waals surface area contributed by atoms with E-state index in [1.807, 2.05) is 36.9 Å². The molecule has 3 heterocycles. The largest absolute Gasteiger partial charge is 0.486 e. The van der Waals surface area contributed by atoms with Crippen molar-refractivity contribution in [3.05, 3.63) is 88.1 Å². The van der Waals surface area contributed by atoms with Crippen LogP contribution in [0.1, 0.15) is 37.5 Å². The molecule has 0 saturated carbocycles. The monoisotopic (exact) mass is 616 g/mol. The standard InChI is InChI=1S/C34H35F2N4O3P/c1-6-26(41)38-13-14-39(20(3)17-38)32-23-15-19(2)27-28-22(11-12-24(35)31(28)44)18-43-30(27)29(23)40(33(42)37-32)25-10-8-7-9-21(25)16-34(4,5)36/h6-12,15,20H,1,13-14,16-18,44H2,2-5H3/t20-/m0/s1. The number of hydrogen-bond donors (Lipinski definition) is 0. The Bertz CT molecular complexity index is 1900. The van der Waals surface area contributed by atoms with E-state index in [-0.39, 0.29) is 30.8 Å². The van der Waals surface area contributed by atoms with Crippen LogP contribution in [0.2, 0.25) is 0 Å². The summed E-state index contributed by atoms with van der Waals surface area (Å²) < 4.78 is 37.9. The van der Waals surface area contributed by atoms with E-state index in [4.69, 9.17) is 4.74 Å². The summed E-state index contributed by atoms with van der Waals surface area (Å²) in [5.74, 6) is 0.429. The minimum atomic E-state index is -1.53. The van der Waals surface area contributed by atoms with Gasteiger partial charge in [-0.3, -0.25) is 9.36 Å². The molecule has 10 heteroatoms. The molecule has 0 N–H and O–H groups in total. The molecule has 0 aliphatic carbocycles. The quantitative estimate of drug-likeness (QED) is 0.222. The first-order chi connectivity index (χ1) is 20.9. The molecule has 2 aliphatic heterocycles. The highest BCUT2D eigenvalue weighted by atomic mass is 31.0. The maximum absolute atomic E-state index is 15.0. The summed E-state index contributed by atoms with van der Waals surface area (Å²) >= 11 is 0. The average Bonchev–Trinajstić information content (AvgIpc) is 2.98. The third-order valence-electron chi connectivity index (χ3n) is 8.44. The molecule has 2 aliphatic rings. The number of carbonyl (C=O) groups excluding carboxylic acids is 1. The number of amides is 1. The number of aromatic nitrogens is 2. The van der Waals surface area contributed by atoms with Crippen molar-refractivity contribution < 1.29 is 18.3 Å². The Morgan fingerprint density at radius 2 is 1.95 bits per heavy atom. The smallest absolute Gasteiger partial charge is 0.354 e. The summed E-state index contributed by atoms with van der Waals surface area (Å²) in [6.45, 7) is 12.1. The fraction of sp³-hybridized carbons (Fsp3) is 0.324. The van der Waals surface area contributed by atoms with Crippen molar-refractivity contribution in [3.63, 3.8) is 0 Å². The molecule has 7 nitrogen and oxygen atoms in total. The molecular weight excluding hydrogens is 581 g/mol. The van der Waals surface area contributed by atoms with Crippen molar-refractivity contribution in [2.45, 2.75) is 52.4 Å². The van der Waals surface area contributed by atoms with Crippen molar-refractivity contribution in [3.8, 4) is 22.6 Å². The Morgan fingerprint density at radius 1 is 1.20 bits per heavy atom. The zero-order valence-electron chi connectivity index (χ0n) is 25.3. The van der Waals surface area contributed by atoms with Gasteiger partial charge in [0.05, 0.1) is 5.69 Å². The zero-order valence-corrected chi connectivity index (χ0v) is 26.4. The fourth-order valence-electron chi connectivity index (χ4n) is 6.50. The van der Waals surface area contributed by atoms with Crippen molar-refractivity contribution in [2.75, 3.05) is 24.5 Å². The molecule has 1 unspecified atom stereocenters. The Morgan fingerprint density at radius 3 is 2.66 bits per heavy atom. The van der Waals surface area contributed by atoms with Gasteiger partial charge < -0.3 is 14.5 Å². The second-order valence-corrected chi connectivity index (χ2v) is 12.8. The SMILES string of the molecule is C=CC(=O)N1CCN(c2nc(=O)n(-c3ccccc3CC(C)(C)F)c3c4c(c(C)cc23)-c2c(ccc(F)c2P)CO4)[C@@H](C)C1. The first-order valence-electron chi connectivity index (χ1n) is 14.6. The molecule has 6 rings (SSSR count). The number of fused-ring (bicyclic) bond motifs is 5. The highest BCUT2D eigenvalue weighted by Gasteiger charge is 2.33. The van der Waals surface area contributed by atoms with Gasteiger partial charge in [0, 0.05) is 53.9 Å². The molecule has 0 spiro atoms. The molecule has 1 aromatic heterocycles. The van der Waals surface area contributed by atoms with E-state index in [0.29, 0.717) is 64.2 Å². The van der Waals surface area contributed by atoms with Crippen LogP contribution in [-0.4, -0.2) is 51.7 Å². The van der Waals surface area contributed by atoms with Crippen LogP contribution in [0.4, 0.5) is 14.6 Å². The molecule has 3 aromatic carbocycles. The van der Waals surface area contributed by atoms with E-state index < -0.39 is 11.4 Å². The van der Waals surface area contributed by atoms with Crippen LogP contribution in [0.25, 0.3) is 27.7 Å². The Hall–Kier alpha value is -4.10.